The Kier molecular flexibility index (Phi) is 2.09. The molecule has 0 aromatic heterocycles. The first kappa shape index (κ1) is 7.03. The highest BCUT2D eigenvalue weighted by Crippen LogP contribution is 2.20. The molecule has 0 aromatic rings. The van der Waals surface area contributed by atoms with Crippen LogP contribution in [0.3, 0.4) is 0 Å². The van der Waals surface area contributed by atoms with Gasteiger partial charge in [0, 0.05) is 12.1 Å². The van der Waals surface area contributed by atoms with Crippen LogP contribution in [0.15, 0.2) is 0 Å². The molecule has 2 nitrogen and oxygen atoms in total. The van der Waals surface area contributed by atoms with Crippen LogP contribution in [0.25, 0.3) is 0 Å². The predicted molar refractivity (Wildman–Crippen MR) is 39.0 cm³/mol. The van der Waals surface area contributed by atoms with E-state index in [1.54, 1.807) is 0 Å². The third-order valence-corrected chi connectivity index (χ3v) is 2.30. The summed E-state index contributed by atoms with van der Waals surface area (Å²) in [6.45, 7) is 2.20. The Labute approximate surface area is 56.6 Å². The first-order valence-electron chi connectivity index (χ1n) is 3.71. The summed E-state index contributed by atoms with van der Waals surface area (Å²) in [5.74, 6) is 0.685. The quantitative estimate of drug-likeness (QED) is 0.498. The summed E-state index contributed by atoms with van der Waals surface area (Å²) < 4.78 is 0. The fraction of sp³-hybridized carbons (Fsp3) is 1.00. The SMILES string of the molecule is CC1CC[C@H](N)CC1N. The molecule has 1 fully saturated rings. The van der Waals surface area contributed by atoms with Gasteiger partial charge in [0.05, 0.1) is 0 Å². The van der Waals surface area contributed by atoms with Gasteiger partial charge in [0.2, 0.25) is 0 Å². The molecule has 0 heterocycles. The average molecular weight is 128 g/mol. The maximum Gasteiger partial charge on any atom is 0.00792 e. The molecular weight excluding hydrogens is 112 g/mol. The summed E-state index contributed by atoms with van der Waals surface area (Å²) >= 11 is 0. The highest BCUT2D eigenvalue weighted by atomic mass is 14.7. The second kappa shape index (κ2) is 2.67. The van der Waals surface area contributed by atoms with Crippen molar-refractivity contribution in [3.8, 4) is 0 Å². The van der Waals surface area contributed by atoms with Gasteiger partial charge in [-0.05, 0) is 25.2 Å². The van der Waals surface area contributed by atoms with Crippen LogP contribution in [0.2, 0.25) is 0 Å². The smallest absolute Gasteiger partial charge is 0.00792 e. The van der Waals surface area contributed by atoms with Crippen LogP contribution in [-0.2, 0) is 0 Å². The normalized spacial score (nSPS) is 45.0. The Hall–Kier alpha value is -0.0800. The monoisotopic (exact) mass is 128 g/mol. The molecule has 2 unspecified atom stereocenters. The molecule has 54 valence electrons. The molecular formula is C7H16N2. The molecule has 4 N–H and O–H groups in total. The van der Waals surface area contributed by atoms with E-state index in [-0.39, 0.29) is 0 Å². The highest BCUT2D eigenvalue weighted by molar-refractivity contribution is 4.81. The van der Waals surface area contributed by atoms with Crippen LogP contribution in [0, 0.1) is 5.92 Å². The van der Waals surface area contributed by atoms with E-state index in [4.69, 9.17) is 11.5 Å². The van der Waals surface area contributed by atoms with Crippen molar-refractivity contribution in [3.63, 3.8) is 0 Å². The van der Waals surface area contributed by atoms with Gasteiger partial charge < -0.3 is 11.5 Å². The molecule has 0 aliphatic heterocycles. The van der Waals surface area contributed by atoms with Crippen molar-refractivity contribution >= 4 is 0 Å². The minimum atomic E-state index is 0.355. The molecule has 1 saturated carbocycles. The highest BCUT2D eigenvalue weighted by Gasteiger charge is 2.21. The fourth-order valence-electron chi connectivity index (χ4n) is 1.39. The molecule has 0 radical (unpaired) electrons. The van der Waals surface area contributed by atoms with E-state index >= 15 is 0 Å². The lowest BCUT2D eigenvalue weighted by Crippen LogP contribution is -2.40. The first-order chi connectivity index (χ1) is 4.20. The average Bonchev–Trinajstić information content (AvgIpc) is 1.80. The van der Waals surface area contributed by atoms with Crippen LogP contribution in [0.4, 0.5) is 0 Å². The molecule has 0 spiro atoms. The number of hydrogen-bond acceptors (Lipinski definition) is 2. The van der Waals surface area contributed by atoms with E-state index in [1.807, 2.05) is 0 Å². The van der Waals surface area contributed by atoms with E-state index in [2.05, 4.69) is 6.92 Å². The van der Waals surface area contributed by atoms with Gasteiger partial charge in [0.15, 0.2) is 0 Å². The molecule has 3 atom stereocenters. The summed E-state index contributed by atoms with van der Waals surface area (Å²) in [5, 5.41) is 0. The zero-order chi connectivity index (χ0) is 6.85. The lowest BCUT2D eigenvalue weighted by Gasteiger charge is -2.29. The van der Waals surface area contributed by atoms with Crippen molar-refractivity contribution in [3.05, 3.63) is 0 Å². The Morgan fingerprint density at radius 1 is 1.22 bits per heavy atom. The molecule has 1 aliphatic rings. The minimum Gasteiger partial charge on any atom is -0.328 e. The summed E-state index contributed by atoms with van der Waals surface area (Å²) in [4.78, 5) is 0. The van der Waals surface area contributed by atoms with Gasteiger partial charge in [-0.2, -0.15) is 0 Å². The van der Waals surface area contributed by atoms with Crippen LogP contribution < -0.4 is 11.5 Å². The van der Waals surface area contributed by atoms with Gasteiger partial charge in [0.25, 0.3) is 0 Å². The van der Waals surface area contributed by atoms with Gasteiger partial charge in [-0.25, -0.2) is 0 Å². The molecule has 2 heteroatoms. The lowest BCUT2D eigenvalue weighted by molar-refractivity contribution is 0.301. The summed E-state index contributed by atoms with van der Waals surface area (Å²) in [6.07, 6.45) is 3.39. The minimum absolute atomic E-state index is 0.355. The zero-order valence-electron chi connectivity index (χ0n) is 6.01. The second-order valence-electron chi connectivity index (χ2n) is 3.21. The van der Waals surface area contributed by atoms with Crippen molar-refractivity contribution in [2.24, 2.45) is 17.4 Å². The zero-order valence-corrected chi connectivity index (χ0v) is 6.01. The Morgan fingerprint density at radius 3 is 2.33 bits per heavy atom. The maximum absolute atomic E-state index is 5.79. The molecule has 0 saturated heterocycles. The molecule has 1 aliphatic carbocycles. The standard InChI is InChI=1S/C7H16N2/c1-5-2-3-6(8)4-7(5)9/h5-7H,2-4,8-9H2,1H3/t5?,6-,7?/m0/s1. The van der Waals surface area contributed by atoms with Gasteiger partial charge in [-0.15, -0.1) is 0 Å². The van der Waals surface area contributed by atoms with E-state index in [1.165, 1.54) is 6.42 Å². The fourth-order valence-corrected chi connectivity index (χ4v) is 1.39. The second-order valence-corrected chi connectivity index (χ2v) is 3.21. The summed E-state index contributed by atoms with van der Waals surface area (Å²) in [7, 11) is 0. The third kappa shape index (κ3) is 1.66. The summed E-state index contributed by atoms with van der Waals surface area (Å²) in [5.41, 5.74) is 11.5. The largest absolute Gasteiger partial charge is 0.328 e. The van der Waals surface area contributed by atoms with Crippen molar-refractivity contribution in [1.29, 1.82) is 0 Å². The maximum atomic E-state index is 5.79. The molecule has 1 rings (SSSR count). The summed E-state index contributed by atoms with van der Waals surface area (Å²) in [6, 6.07) is 0.727. The molecule has 0 bridgehead atoms. The molecule has 9 heavy (non-hydrogen) atoms. The van der Waals surface area contributed by atoms with Gasteiger partial charge in [0.1, 0.15) is 0 Å². The van der Waals surface area contributed by atoms with Crippen molar-refractivity contribution in [2.75, 3.05) is 0 Å². The lowest BCUT2D eigenvalue weighted by atomic mass is 9.84. The van der Waals surface area contributed by atoms with Gasteiger partial charge >= 0.3 is 0 Å². The van der Waals surface area contributed by atoms with Crippen molar-refractivity contribution in [1.82, 2.24) is 0 Å². The number of rotatable bonds is 0. The molecule has 0 amide bonds. The van der Waals surface area contributed by atoms with Gasteiger partial charge in [-0.3, -0.25) is 0 Å². The van der Waals surface area contributed by atoms with Crippen LogP contribution in [0.1, 0.15) is 26.2 Å². The number of hydrogen-bond donors (Lipinski definition) is 2. The van der Waals surface area contributed by atoms with Crippen LogP contribution in [-0.4, -0.2) is 12.1 Å². The van der Waals surface area contributed by atoms with E-state index in [9.17, 15) is 0 Å². The van der Waals surface area contributed by atoms with Crippen LogP contribution in [0.5, 0.6) is 0 Å². The van der Waals surface area contributed by atoms with E-state index in [0.29, 0.717) is 18.0 Å². The Bertz CT molecular complexity index is 92.9. The predicted octanol–water partition coefficient (Wildman–Crippen LogP) is 0.461. The Balaban J connectivity index is 2.35. The molecule has 0 aromatic carbocycles. The van der Waals surface area contributed by atoms with Crippen LogP contribution >= 0.6 is 0 Å². The topological polar surface area (TPSA) is 52.0 Å². The first-order valence-corrected chi connectivity index (χ1v) is 3.71. The van der Waals surface area contributed by atoms with E-state index in [0.717, 1.165) is 12.8 Å². The third-order valence-electron chi connectivity index (χ3n) is 2.30. The van der Waals surface area contributed by atoms with Gasteiger partial charge in [-0.1, -0.05) is 6.92 Å². The van der Waals surface area contributed by atoms with Crippen molar-refractivity contribution in [2.45, 2.75) is 38.3 Å². The van der Waals surface area contributed by atoms with Crippen molar-refractivity contribution < 1.29 is 0 Å². The Morgan fingerprint density at radius 2 is 1.89 bits per heavy atom. The van der Waals surface area contributed by atoms with E-state index < -0.39 is 0 Å². The number of nitrogens with two attached hydrogens (primary N) is 2.